The molecule has 0 spiro atoms. The number of nitrogens with zero attached hydrogens (tertiary/aromatic N) is 2. The van der Waals surface area contributed by atoms with E-state index in [1.54, 1.807) is 6.20 Å². The Morgan fingerprint density at radius 2 is 2.38 bits per heavy atom. The molecule has 0 bridgehead atoms. The fourth-order valence-corrected chi connectivity index (χ4v) is 1.25. The highest BCUT2D eigenvalue weighted by molar-refractivity contribution is 9.10. The standard InChI is InChI=1S/C8H8BrN3.ClH/c9-8-5-6(2-4-12-8)7(11)1-3-10;/h2,4-5,7H,1,11H2;1H/t7-;/m0./s1. The Kier molecular flexibility index (Phi) is 5.63. The maximum Gasteiger partial charge on any atom is 0.106 e. The molecule has 0 aliphatic carbocycles. The van der Waals surface area contributed by atoms with Gasteiger partial charge in [0.1, 0.15) is 4.60 Å². The summed E-state index contributed by atoms with van der Waals surface area (Å²) in [7, 11) is 0. The van der Waals surface area contributed by atoms with E-state index in [4.69, 9.17) is 11.0 Å². The van der Waals surface area contributed by atoms with Gasteiger partial charge < -0.3 is 5.73 Å². The highest BCUT2D eigenvalue weighted by Crippen LogP contribution is 2.15. The molecule has 0 fully saturated rings. The Labute approximate surface area is 91.5 Å². The number of hydrogen-bond donors (Lipinski definition) is 1. The zero-order valence-electron chi connectivity index (χ0n) is 6.77. The van der Waals surface area contributed by atoms with Crippen molar-refractivity contribution in [1.82, 2.24) is 4.98 Å². The summed E-state index contributed by atoms with van der Waals surface area (Å²) in [5, 5.41) is 8.41. The van der Waals surface area contributed by atoms with Crippen LogP contribution in [0.4, 0.5) is 0 Å². The second kappa shape index (κ2) is 5.92. The highest BCUT2D eigenvalue weighted by atomic mass is 79.9. The van der Waals surface area contributed by atoms with Crippen molar-refractivity contribution in [2.45, 2.75) is 12.5 Å². The third-order valence-electron chi connectivity index (χ3n) is 1.49. The normalized spacial score (nSPS) is 11.2. The molecule has 1 atom stereocenters. The van der Waals surface area contributed by atoms with Gasteiger partial charge in [-0.3, -0.25) is 0 Å². The van der Waals surface area contributed by atoms with Gasteiger partial charge >= 0.3 is 0 Å². The van der Waals surface area contributed by atoms with Gasteiger partial charge in [0.25, 0.3) is 0 Å². The monoisotopic (exact) mass is 261 g/mol. The number of rotatable bonds is 2. The molecule has 5 heteroatoms. The summed E-state index contributed by atoms with van der Waals surface area (Å²) in [6, 6.07) is 5.44. The van der Waals surface area contributed by atoms with Gasteiger partial charge in [-0.1, -0.05) is 0 Å². The zero-order chi connectivity index (χ0) is 8.97. The van der Waals surface area contributed by atoms with Gasteiger partial charge in [-0.15, -0.1) is 12.4 Å². The topological polar surface area (TPSA) is 62.7 Å². The Hall–Kier alpha value is -0.630. The van der Waals surface area contributed by atoms with E-state index in [0.29, 0.717) is 6.42 Å². The summed E-state index contributed by atoms with van der Waals surface area (Å²) in [4.78, 5) is 3.96. The largest absolute Gasteiger partial charge is 0.323 e. The van der Waals surface area contributed by atoms with Gasteiger partial charge in [0.15, 0.2) is 0 Å². The molecule has 0 aliphatic heterocycles. The van der Waals surface area contributed by atoms with Crippen molar-refractivity contribution in [2.75, 3.05) is 0 Å². The minimum Gasteiger partial charge on any atom is -0.323 e. The third-order valence-corrected chi connectivity index (χ3v) is 1.92. The fourth-order valence-electron chi connectivity index (χ4n) is 0.864. The lowest BCUT2D eigenvalue weighted by Crippen LogP contribution is -2.09. The minimum atomic E-state index is -0.214. The van der Waals surface area contributed by atoms with Crippen LogP contribution in [-0.4, -0.2) is 4.98 Å². The molecule has 2 N–H and O–H groups in total. The lowest BCUT2D eigenvalue weighted by Gasteiger charge is -2.06. The summed E-state index contributed by atoms with van der Waals surface area (Å²) in [6.45, 7) is 0. The van der Waals surface area contributed by atoms with Crippen LogP contribution < -0.4 is 5.73 Å². The molecule has 1 aromatic heterocycles. The van der Waals surface area contributed by atoms with E-state index >= 15 is 0 Å². The Morgan fingerprint density at radius 3 is 2.92 bits per heavy atom. The van der Waals surface area contributed by atoms with Crippen molar-refractivity contribution in [2.24, 2.45) is 5.73 Å². The number of nitriles is 1. The van der Waals surface area contributed by atoms with Crippen molar-refractivity contribution in [1.29, 1.82) is 5.26 Å². The first-order valence-corrected chi connectivity index (χ1v) is 4.27. The van der Waals surface area contributed by atoms with E-state index < -0.39 is 0 Å². The molecule has 0 aliphatic rings. The quantitative estimate of drug-likeness (QED) is 0.831. The average molecular weight is 263 g/mol. The van der Waals surface area contributed by atoms with Gasteiger partial charge in [0, 0.05) is 12.2 Å². The average Bonchev–Trinajstić information content (AvgIpc) is 2.05. The molecule has 0 saturated carbocycles. The van der Waals surface area contributed by atoms with Crippen LogP contribution in [0.25, 0.3) is 0 Å². The molecule has 1 rings (SSSR count). The summed E-state index contributed by atoms with van der Waals surface area (Å²) >= 11 is 3.23. The number of halogens is 2. The molecule has 0 unspecified atom stereocenters. The molecule has 0 amide bonds. The molecule has 1 heterocycles. The number of nitrogens with two attached hydrogens (primary N) is 1. The second-order valence-electron chi connectivity index (χ2n) is 2.38. The summed E-state index contributed by atoms with van der Waals surface area (Å²) in [5.41, 5.74) is 6.63. The molecule has 0 saturated heterocycles. The third kappa shape index (κ3) is 3.73. The van der Waals surface area contributed by atoms with E-state index in [-0.39, 0.29) is 18.4 Å². The van der Waals surface area contributed by atoms with Crippen molar-refractivity contribution in [3.05, 3.63) is 28.5 Å². The SMILES string of the molecule is Cl.N#CC[C@H](N)c1ccnc(Br)c1. The Morgan fingerprint density at radius 1 is 1.69 bits per heavy atom. The Balaban J connectivity index is 0.00000144. The number of hydrogen-bond acceptors (Lipinski definition) is 3. The molecule has 3 nitrogen and oxygen atoms in total. The van der Waals surface area contributed by atoms with Gasteiger partial charge in [0.05, 0.1) is 12.5 Å². The first kappa shape index (κ1) is 12.4. The van der Waals surface area contributed by atoms with E-state index in [0.717, 1.165) is 10.2 Å². The molecule has 0 radical (unpaired) electrons. The van der Waals surface area contributed by atoms with E-state index in [1.807, 2.05) is 18.2 Å². The molecule has 70 valence electrons. The summed E-state index contributed by atoms with van der Waals surface area (Å²) < 4.78 is 0.744. The van der Waals surface area contributed by atoms with Crippen LogP contribution in [0.5, 0.6) is 0 Å². The fraction of sp³-hybridized carbons (Fsp3) is 0.250. The van der Waals surface area contributed by atoms with Gasteiger partial charge in [-0.25, -0.2) is 4.98 Å². The molecule has 13 heavy (non-hydrogen) atoms. The van der Waals surface area contributed by atoms with E-state index in [1.165, 1.54) is 0 Å². The van der Waals surface area contributed by atoms with Crippen molar-refractivity contribution in [3.8, 4) is 6.07 Å². The highest BCUT2D eigenvalue weighted by Gasteiger charge is 2.04. The lowest BCUT2D eigenvalue weighted by atomic mass is 10.1. The van der Waals surface area contributed by atoms with Crippen LogP contribution in [0.1, 0.15) is 18.0 Å². The van der Waals surface area contributed by atoms with Crippen LogP contribution in [0, 0.1) is 11.3 Å². The number of pyridine rings is 1. The van der Waals surface area contributed by atoms with Crippen molar-refractivity contribution >= 4 is 28.3 Å². The Bertz CT molecular complexity index is 311. The van der Waals surface area contributed by atoms with Crippen molar-refractivity contribution < 1.29 is 0 Å². The van der Waals surface area contributed by atoms with E-state index in [2.05, 4.69) is 20.9 Å². The van der Waals surface area contributed by atoms with E-state index in [9.17, 15) is 0 Å². The van der Waals surface area contributed by atoms with Gasteiger partial charge in [0.2, 0.25) is 0 Å². The predicted molar refractivity (Wildman–Crippen MR) is 56.3 cm³/mol. The van der Waals surface area contributed by atoms with Crippen molar-refractivity contribution in [3.63, 3.8) is 0 Å². The van der Waals surface area contributed by atoms with Crippen LogP contribution in [-0.2, 0) is 0 Å². The maximum atomic E-state index is 8.41. The number of aromatic nitrogens is 1. The minimum absolute atomic E-state index is 0. The van der Waals surface area contributed by atoms with Crippen LogP contribution in [0.15, 0.2) is 22.9 Å². The first-order chi connectivity index (χ1) is 5.74. The van der Waals surface area contributed by atoms with Crippen LogP contribution in [0.2, 0.25) is 0 Å². The zero-order valence-corrected chi connectivity index (χ0v) is 9.18. The molecular weight excluding hydrogens is 253 g/mol. The molecule has 0 aromatic carbocycles. The molecular formula is C8H9BrClN3. The van der Waals surface area contributed by atoms with Crippen LogP contribution in [0.3, 0.4) is 0 Å². The predicted octanol–water partition coefficient (Wildman–Crippen LogP) is 2.18. The van der Waals surface area contributed by atoms with Gasteiger partial charge in [-0.2, -0.15) is 5.26 Å². The first-order valence-electron chi connectivity index (χ1n) is 3.48. The second-order valence-corrected chi connectivity index (χ2v) is 3.19. The molecule has 1 aromatic rings. The summed E-state index contributed by atoms with van der Waals surface area (Å²) in [6.07, 6.45) is 1.99. The van der Waals surface area contributed by atoms with Gasteiger partial charge in [-0.05, 0) is 33.6 Å². The maximum absolute atomic E-state index is 8.41. The smallest absolute Gasteiger partial charge is 0.106 e. The summed E-state index contributed by atoms with van der Waals surface area (Å²) in [5.74, 6) is 0. The van der Waals surface area contributed by atoms with Crippen LogP contribution >= 0.6 is 28.3 Å². The lowest BCUT2D eigenvalue weighted by molar-refractivity contribution is 0.746.